The predicted molar refractivity (Wildman–Crippen MR) is 91.7 cm³/mol. The van der Waals surface area contributed by atoms with Gasteiger partial charge in [-0.25, -0.2) is 9.59 Å². The number of hydrogen-bond donors (Lipinski definition) is 3. The van der Waals surface area contributed by atoms with Gasteiger partial charge >= 0.3 is 12.0 Å². The second-order valence-electron chi connectivity index (χ2n) is 5.23. The van der Waals surface area contributed by atoms with Crippen LogP contribution in [0, 0.1) is 6.92 Å². The molecule has 24 heavy (non-hydrogen) atoms. The van der Waals surface area contributed by atoms with Gasteiger partial charge in [0.05, 0.1) is 12.2 Å². The summed E-state index contributed by atoms with van der Waals surface area (Å²) in [6.07, 6.45) is 0.664. The van der Waals surface area contributed by atoms with Crippen molar-refractivity contribution >= 4 is 17.7 Å². The first kappa shape index (κ1) is 17.3. The van der Waals surface area contributed by atoms with Crippen LogP contribution in [0.2, 0.25) is 0 Å². The molecule has 0 saturated carbocycles. The minimum Gasteiger partial charge on any atom is -0.493 e. The maximum atomic E-state index is 11.8. The van der Waals surface area contributed by atoms with E-state index >= 15 is 0 Å². The van der Waals surface area contributed by atoms with Gasteiger partial charge in [-0.2, -0.15) is 0 Å². The van der Waals surface area contributed by atoms with Gasteiger partial charge in [-0.1, -0.05) is 24.3 Å². The molecule has 0 spiro atoms. The zero-order valence-corrected chi connectivity index (χ0v) is 13.4. The molecular weight excluding hydrogens is 308 g/mol. The van der Waals surface area contributed by atoms with Crippen molar-refractivity contribution in [2.45, 2.75) is 13.3 Å². The van der Waals surface area contributed by atoms with Gasteiger partial charge in [0.15, 0.2) is 0 Å². The third-order valence-electron chi connectivity index (χ3n) is 3.33. The highest BCUT2D eigenvalue weighted by molar-refractivity contribution is 5.93. The third kappa shape index (κ3) is 5.31. The lowest BCUT2D eigenvalue weighted by molar-refractivity contribution is 0.0697. The van der Waals surface area contributed by atoms with E-state index in [1.807, 2.05) is 31.2 Å². The summed E-state index contributed by atoms with van der Waals surface area (Å²) < 4.78 is 5.64. The molecular formula is C18H20N2O4. The van der Waals surface area contributed by atoms with Crippen molar-refractivity contribution in [3.05, 3.63) is 59.7 Å². The van der Waals surface area contributed by atoms with Crippen LogP contribution in [0.1, 0.15) is 22.3 Å². The van der Waals surface area contributed by atoms with Crippen LogP contribution in [0.4, 0.5) is 10.5 Å². The van der Waals surface area contributed by atoms with E-state index in [4.69, 9.17) is 9.84 Å². The molecule has 2 aromatic carbocycles. The molecule has 6 heteroatoms. The van der Waals surface area contributed by atoms with E-state index in [0.717, 1.165) is 11.3 Å². The summed E-state index contributed by atoms with van der Waals surface area (Å²) in [4.78, 5) is 22.7. The predicted octanol–water partition coefficient (Wildman–Crippen LogP) is 3.28. The molecule has 0 aliphatic rings. The van der Waals surface area contributed by atoms with Crippen molar-refractivity contribution in [2.24, 2.45) is 0 Å². The number of benzene rings is 2. The highest BCUT2D eigenvalue weighted by Gasteiger charge is 2.05. The Kier molecular flexibility index (Phi) is 6.19. The molecule has 0 radical (unpaired) electrons. The number of rotatable bonds is 7. The molecule has 0 unspecified atom stereocenters. The van der Waals surface area contributed by atoms with Crippen LogP contribution in [-0.2, 0) is 0 Å². The van der Waals surface area contributed by atoms with Gasteiger partial charge in [-0.05, 0) is 43.2 Å². The average molecular weight is 328 g/mol. The summed E-state index contributed by atoms with van der Waals surface area (Å²) in [6.45, 7) is 2.93. The van der Waals surface area contributed by atoms with Crippen LogP contribution < -0.4 is 15.4 Å². The number of carbonyl (C=O) groups excluding carboxylic acids is 1. The normalized spacial score (nSPS) is 10.0. The average Bonchev–Trinajstić information content (AvgIpc) is 2.56. The Morgan fingerprint density at radius 1 is 1.12 bits per heavy atom. The second kappa shape index (κ2) is 8.57. The first-order valence-electron chi connectivity index (χ1n) is 7.63. The first-order valence-corrected chi connectivity index (χ1v) is 7.63. The Bertz CT molecular complexity index is 716. The number of anilines is 1. The van der Waals surface area contributed by atoms with Crippen LogP contribution in [0.15, 0.2) is 48.5 Å². The lowest BCUT2D eigenvalue weighted by Gasteiger charge is -2.10. The fourth-order valence-corrected chi connectivity index (χ4v) is 2.08. The van der Waals surface area contributed by atoms with Crippen molar-refractivity contribution in [1.29, 1.82) is 0 Å². The molecule has 0 fully saturated rings. The van der Waals surface area contributed by atoms with Crippen molar-refractivity contribution in [3.63, 3.8) is 0 Å². The number of amides is 2. The molecule has 2 amide bonds. The third-order valence-corrected chi connectivity index (χ3v) is 3.33. The summed E-state index contributed by atoms with van der Waals surface area (Å²) in [5.74, 6) is -0.195. The molecule has 126 valence electrons. The smallest absolute Gasteiger partial charge is 0.335 e. The molecule has 0 aliphatic heterocycles. The molecule has 3 N–H and O–H groups in total. The molecule has 2 aromatic rings. The number of para-hydroxylation sites is 1. The van der Waals surface area contributed by atoms with Crippen LogP contribution in [0.3, 0.4) is 0 Å². The molecule has 0 bridgehead atoms. The first-order chi connectivity index (χ1) is 11.6. The number of aromatic carboxylic acids is 1. The Morgan fingerprint density at radius 3 is 2.67 bits per heavy atom. The zero-order chi connectivity index (χ0) is 17.4. The number of ether oxygens (including phenoxy) is 1. The van der Waals surface area contributed by atoms with Crippen molar-refractivity contribution in [1.82, 2.24) is 5.32 Å². The summed E-state index contributed by atoms with van der Waals surface area (Å²) in [5.41, 5.74) is 1.63. The summed E-state index contributed by atoms with van der Waals surface area (Å²) in [7, 11) is 0. The molecule has 6 nitrogen and oxygen atoms in total. The van der Waals surface area contributed by atoms with E-state index in [1.54, 1.807) is 12.1 Å². The summed E-state index contributed by atoms with van der Waals surface area (Å²) in [6, 6.07) is 13.5. The molecule has 2 rings (SSSR count). The van der Waals surface area contributed by atoms with E-state index in [1.165, 1.54) is 12.1 Å². The molecule has 0 atom stereocenters. The quantitative estimate of drug-likeness (QED) is 0.681. The van der Waals surface area contributed by atoms with Gasteiger partial charge in [0.25, 0.3) is 0 Å². The van der Waals surface area contributed by atoms with E-state index in [2.05, 4.69) is 10.6 Å². The van der Waals surface area contributed by atoms with Crippen LogP contribution >= 0.6 is 0 Å². The topological polar surface area (TPSA) is 87.7 Å². The maximum absolute atomic E-state index is 11.8. The van der Waals surface area contributed by atoms with Crippen LogP contribution in [0.25, 0.3) is 0 Å². The number of carboxylic acids is 1. The van der Waals surface area contributed by atoms with Crippen LogP contribution in [-0.4, -0.2) is 30.3 Å². The number of nitrogens with one attached hydrogen (secondary N) is 2. The van der Waals surface area contributed by atoms with Crippen LogP contribution in [0.5, 0.6) is 5.75 Å². The van der Waals surface area contributed by atoms with Crippen molar-refractivity contribution < 1.29 is 19.4 Å². The molecule has 0 heterocycles. The van der Waals surface area contributed by atoms with Gasteiger partial charge in [0.2, 0.25) is 0 Å². The standard InChI is InChI=1S/C18H20N2O4/c1-13-6-2-3-9-16(13)24-11-5-10-19-18(23)20-15-8-4-7-14(12-15)17(21)22/h2-4,6-9,12H,5,10-11H2,1H3,(H,21,22)(H2,19,20,23). The zero-order valence-electron chi connectivity index (χ0n) is 13.4. The fourth-order valence-electron chi connectivity index (χ4n) is 2.08. The van der Waals surface area contributed by atoms with E-state index in [0.29, 0.717) is 25.3 Å². The highest BCUT2D eigenvalue weighted by atomic mass is 16.5. The number of carboxylic acid groups (broad SMARTS) is 1. The van der Waals surface area contributed by atoms with E-state index < -0.39 is 5.97 Å². The Balaban J connectivity index is 1.69. The minimum atomic E-state index is -1.03. The van der Waals surface area contributed by atoms with E-state index in [-0.39, 0.29) is 11.6 Å². The van der Waals surface area contributed by atoms with Gasteiger partial charge in [0, 0.05) is 12.2 Å². The van der Waals surface area contributed by atoms with Gasteiger partial charge < -0.3 is 20.5 Å². The summed E-state index contributed by atoms with van der Waals surface area (Å²) >= 11 is 0. The minimum absolute atomic E-state index is 0.124. The molecule has 0 aromatic heterocycles. The monoisotopic (exact) mass is 328 g/mol. The number of carbonyl (C=O) groups is 2. The van der Waals surface area contributed by atoms with Crippen molar-refractivity contribution in [3.8, 4) is 5.75 Å². The number of urea groups is 1. The van der Waals surface area contributed by atoms with Gasteiger partial charge in [-0.3, -0.25) is 0 Å². The van der Waals surface area contributed by atoms with E-state index in [9.17, 15) is 9.59 Å². The lowest BCUT2D eigenvalue weighted by atomic mass is 10.2. The largest absolute Gasteiger partial charge is 0.493 e. The Morgan fingerprint density at radius 2 is 1.92 bits per heavy atom. The Hall–Kier alpha value is -3.02. The molecule has 0 aliphatic carbocycles. The Labute approximate surface area is 140 Å². The number of hydrogen-bond acceptors (Lipinski definition) is 3. The summed E-state index contributed by atoms with van der Waals surface area (Å²) in [5, 5.41) is 14.2. The van der Waals surface area contributed by atoms with Gasteiger partial charge in [-0.15, -0.1) is 0 Å². The van der Waals surface area contributed by atoms with Crippen molar-refractivity contribution in [2.75, 3.05) is 18.5 Å². The number of aryl methyl sites for hydroxylation is 1. The second-order valence-corrected chi connectivity index (χ2v) is 5.23. The SMILES string of the molecule is Cc1ccccc1OCCCNC(=O)Nc1cccc(C(=O)O)c1. The maximum Gasteiger partial charge on any atom is 0.335 e. The fraction of sp³-hybridized carbons (Fsp3) is 0.222. The molecule has 0 saturated heterocycles. The lowest BCUT2D eigenvalue weighted by Crippen LogP contribution is -2.30. The van der Waals surface area contributed by atoms with Gasteiger partial charge in [0.1, 0.15) is 5.75 Å². The highest BCUT2D eigenvalue weighted by Crippen LogP contribution is 2.16.